The highest BCUT2D eigenvalue weighted by Gasteiger charge is 2.17. The maximum absolute atomic E-state index is 12.7. The van der Waals surface area contributed by atoms with E-state index in [4.69, 9.17) is 5.84 Å². The number of carbonyl (C=O) groups is 1. The monoisotopic (exact) mass is 378 g/mol. The van der Waals surface area contributed by atoms with Crippen LogP contribution in [0.4, 0.5) is 5.00 Å². The maximum Gasteiger partial charge on any atom is 0.273 e. The lowest BCUT2D eigenvalue weighted by Crippen LogP contribution is -2.36. The Labute approximate surface area is 165 Å². The van der Waals surface area contributed by atoms with Gasteiger partial charge in [-0.1, -0.05) is 63.2 Å². The standard InChI is InChI=1S/C23H26N2OS/c1-16(2)21-14-22(27-15-21)25(24)23(26)20-11-9-18(10-12-20)13-17(3)19-7-5-4-6-8-19/h4-12,14-17H,13,24H2,1-3H3. The molecule has 0 bridgehead atoms. The lowest BCUT2D eigenvalue weighted by molar-refractivity contribution is 0.0987. The molecule has 0 aliphatic rings. The van der Waals surface area contributed by atoms with Crippen LogP contribution in [0.3, 0.4) is 0 Å². The highest BCUT2D eigenvalue weighted by molar-refractivity contribution is 7.14. The van der Waals surface area contributed by atoms with Crippen molar-refractivity contribution >= 4 is 22.2 Å². The Kier molecular flexibility index (Phi) is 6.09. The molecule has 140 valence electrons. The zero-order valence-electron chi connectivity index (χ0n) is 16.1. The van der Waals surface area contributed by atoms with E-state index in [0.29, 0.717) is 17.4 Å². The number of nitrogens with zero attached hydrogens (tertiary/aromatic N) is 1. The number of amides is 1. The molecule has 1 unspecified atom stereocenters. The zero-order chi connectivity index (χ0) is 19.4. The number of rotatable bonds is 6. The van der Waals surface area contributed by atoms with Gasteiger partial charge in [-0.3, -0.25) is 4.79 Å². The van der Waals surface area contributed by atoms with E-state index >= 15 is 0 Å². The molecule has 3 nitrogen and oxygen atoms in total. The Morgan fingerprint density at radius 2 is 1.67 bits per heavy atom. The lowest BCUT2D eigenvalue weighted by atomic mass is 9.93. The molecule has 2 N–H and O–H groups in total. The van der Waals surface area contributed by atoms with Gasteiger partial charge in [0.1, 0.15) is 5.00 Å². The van der Waals surface area contributed by atoms with Gasteiger partial charge in [-0.2, -0.15) is 0 Å². The van der Waals surface area contributed by atoms with E-state index in [1.54, 1.807) is 0 Å². The molecule has 3 rings (SSSR count). The molecule has 1 heterocycles. The number of nitrogens with two attached hydrogens (primary N) is 1. The highest BCUT2D eigenvalue weighted by atomic mass is 32.1. The number of hydrogen-bond donors (Lipinski definition) is 1. The predicted molar refractivity (Wildman–Crippen MR) is 114 cm³/mol. The summed E-state index contributed by atoms with van der Waals surface area (Å²) in [5, 5.41) is 4.07. The minimum Gasteiger partial charge on any atom is -0.267 e. The molecule has 1 aromatic heterocycles. The first-order valence-corrected chi connectivity index (χ1v) is 10.1. The quantitative estimate of drug-likeness (QED) is 0.338. The summed E-state index contributed by atoms with van der Waals surface area (Å²) in [5.74, 6) is 6.74. The zero-order valence-corrected chi connectivity index (χ0v) is 16.9. The van der Waals surface area contributed by atoms with E-state index in [-0.39, 0.29) is 5.91 Å². The van der Waals surface area contributed by atoms with Gasteiger partial charge in [0.15, 0.2) is 0 Å². The van der Waals surface area contributed by atoms with Crippen molar-refractivity contribution in [3.63, 3.8) is 0 Å². The van der Waals surface area contributed by atoms with Gasteiger partial charge in [-0.15, -0.1) is 11.3 Å². The SMILES string of the molecule is CC(C)c1csc(N(N)C(=O)c2ccc(CC(C)c3ccccc3)cc2)c1. The van der Waals surface area contributed by atoms with Crippen LogP contribution in [0.15, 0.2) is 66.0 Å². The summed E-state index contributed by atoms with van der Waals surface area (Å²) < 4.78 is 0. The van der Waals surface area contributed by atoms with Crippen molar-refractivity contribution in [2.45, 2.75) is 39.0 Å². The highest BCUT2D eigenvalue weighted by Crippen LogP contribution is 2.28. The van der Waals surface area contributed by atoms with Crippen LogP contribution >= 0.6 is 11.3 Å². The lowest BCUT2D eigenvalue weighted by Gasteiger charge is -2.15. The smallest absolute Gasteiger partial charge is 0.267 e. The first-order chi connectivity index (χ1) is 13.0. The minimum absolute atomic E-state index is 0.185. The Morgan fingerprint density at radius 3 is 2.26 bits per heavy atom. The summed E-state index contributed by atoms with van der Waals surface area (Å²) in [6, 6.07) is 20.2. The van der Waals surface area contributed by atoms with Crippen molar-refractivity contribution in [1.82, 2.24) is 0 Å². The summed E-state index contributed by atoms with van der Waals surface area (Å²) in [6.07, 6.45) is 0.938. The van der Waals surface area contributed by atoms with Crippen LogP contribution in [-0.4, -0.2) is 5.91 Å². The van der Waals surface area contributed by atoms with E-state index in [2.05, 4.69) is 50.4 Å². The molecule has 0 saturated carbocycles. The largest absolute Gasteiger partial charge is 0.273 e. The van der Waals surface area contributed by atoms with E-state index in [1.165, 1.54) is 33.0 Å². The third-order valence-electron chi connectivity index (χ3n) is 4.84. The number of carbonyl (C=O) groups excluding carboxylic acids is 1. The molecule has 0 radical (unpaired) electrons. The predicted octanol–water partition coefficient (Wildman–Crippen LogP) is 5.74. The van der Waals surface area contributed by atoms with E-state index < -0.39 is 0 Å². The van der Waals surface area contributed by atoms with Gasteiger partial charge in [-0.25, -0.2) is 10.9 Å². The van der Waals surface area contributed by atoms with Crippen LogP contribution in [0.2, 0.25) is 0 Å². The second kappa shape index (κ2) is 8.51. The number of hydrazine groups is 1. The number of anilines is 1. The molecule has 27 heavy (non-hydrogen) atoms. The molecule has 0 fully saturated rings. The van der Waals surface area contributed by atoms with E-state index in [9.17, 15) is 4.79 Å². The fraction of sp³-hybridized carbons (Fsp3) is 0.261. The van der Waals surface area contributed by atoms with Crippen LogP contribution in [-0.2, 0) is 6.42 Å². The Hall–Kier alpha value is -2.43. The van der Waals surface area contributed by atoms with Crippen LogP contribution in [0, 0.1) is 0 Å². The molecule has 3 aromatic rings. The van der Waals surface area contributed by atoms with Crippen molar-refractivity contribution in [3.8, 4) is 0 Å². The van der Waals surface area contributed by atoms with Crippen LogP contribution in [0.25, 0.3) is 0 Å². The Balaban J connectivity index is 1.67. The van der Waals surface area contributed by atoms with Gasteiger partial charge in [0.25, 0.3) is 5.91 Å². The van der Waals surface area contributed by atoms with Gasteiger partial charge < -0.3 is 0 Å². The first kappa shape index (κ1) is 19.3. The molecule has 0 spiro atoms. The molecule has 2 aromatic carbocycles. The molecule has 4 heteroatoms. The fourth-order valence-electron chi connectivity index (χ4n) is 3.04. The molecule has 0 aliphatic carbocycles. The summed E-state index contributed by atoms with van der Waals surface area (Å²) in [4.78, 5) is 12.7. The number of thiophene rings is 1. The van der Waals surface area contributed by atoms with Gasteiger partial charge >= 0.3 is 0 Å². The van der Waals surface area contributed by atoms with E-state index in [0.717, 1.165) is 11.4 Å². The molecule has 1 amide bonds. The van der Waals surface area contributed by atoms with Crippen molar-refractivity contribution in [3.05, 3.63) is 88.3 Å². The van der Waals surface area contributed by atoms with Crippen molar-refractivity contribution in [2.24, 2.45) is 5.84 Å². The summed E-state index contributed by atoms with van der Waals surface area (Å²) in [5.41, 5.74) is 4.34. The van der Waals surface area contributed by atoms with E-state index in [1.807, 2.05) is 36.4 Å². The van der Waals surface area contributed by atoms with Crippen LogP contribution < -0.4 is 10.9 Å². The molecular formula is C23H26N2OS. The van der Waals surface area contributed by atoms with Crippen LogP contribution in [0.1, 0.15) is 59.7 Å². The van der Waals surface area contributed by atoms with Gasteiger partial charge in [0.05, 0.1) is 0 Å². The maximum atomic E-state index is 12.7. The minimum atomic E-state index is -0.185. The molecule has 0 aliphatic heterocycles. The number of hydrogen-bond acceptors (Lipinski definition) is 3. The van der Waals surface area contributed by atoms with Gasteiger partial charge in [0.2, 0.25) is 0 Å². The molecule has 1 atom stereocenters. The normalized spacial score (nSPS) is 12.2. The number of benzene rings is 2. The molecular weight excluding hydrogens is 352 g/mol. The third-order valence-corrected chi connectivity index (χ3v) is 5.79. The first-order valence-electron chi connectivity index (χ1n) is 9.27. The fourth-order valence-corrected chi connectivity index (χ4v) is 4.04. The van der Waals surface area contributed by atoms with Gasteiger partial charge in [0, 0.05) is 5.56 Å². The van der Waals surface area contributed by atoms with Crippen molar-refractivity contribution in [1.29, 1.82) is 0 Å². The van der Waals surface area contributed by atoms with Crippen molar-refractivity contribution in [2.75, 3.05) is 5.01 Å². The summed E-state index contributed by atoms with van der Waals surface area (Å²) in [6.45, 7) is 6.48. The average Bonchev–Trinajstić information content (AvgIpc) is 3.18. The Bertz CT molecular complexity index is 884. The average molecular weight is 379 g/mol. The third kappa shape index (κ3) is 4.65. The van der Waals surface area contributed by atoms with Crippen LogP contribution in [0.5, 0.6) is 0 Å². The summed E-state index contributed by atoms with van der Waals surface area (Å²) in [7, 11) is 0. The second-order valence-corrected chi connectivity index (χ2v) is 8.15. The second-order valence-electron chi connectivity index (χ2n) is 7.26. The Morgan fingerprint density at radius 1 is 1.00 bits per heavy atom. The van der Waals surface area contributed by atoms with Gasteiger partial charge in [-0.05, 0) is 58.5 Å². The molecule has 0 saturated heterocycles. The van der Waals surface area contributed by atoms with Crippen molar-refractivity contribution < 1.29 is 4.79 Å². The summed E-state index contributed by atoms with van der Waals surface area (Å²) >= 11 is 1.50. The topological polar surface area (TPSA) is 46.3 Å².